The van der Waals surface area contributed by atoms with Crippen molar-refractivity contribution in [2.45, 2.75) is 13.0 Å². The van der Waals surface area contributed by atoms with Crippen molar-refractivity contribution < 1.29 is 4.79 Å². The second kappa shape index (κ2) is 4.97. The molecule has 5 N–H and O–H groups in total. The van der Waals surface area contributed by atoms with Crippen LogP contribution in [0.4, 0.5) is 11.4 Å². The molecule has 0 aliphatic rings. The van der Waals surface area contributed by atoms with Crippen LogP contribution in [0.25, 0.3) is 0 Å². The fourth-order valence-corrected chi connectivity index (χ4v) is 1.84. The van der Waals surface area contributed by atoms with Gasteiger partial charge in [-0.05, 0) is 25.1 Å². The molecule has 7 nitrogen and oxygen atoms in total. The van der Waals surface area contributed by atoms with E-state index in [1.807, 2.05) is 14.0 Å². The van der Waals surface area contributed by atoms with Gasteiger partial charge in [-0.3, -0.25) is 4.79 Å². The number of rotatable bonds is 3. The van der Waals surface area contributed by atoms with Crippen LogP contribution in [0.2, 0.25) is 0 Å². The Morgan fingerprint density at radius 2 is 1.95 bits per heavy atom. The molecule has 2 rings (SSSR count). The first-order valence-corrected chi connectivity index (χ1v) is 5.78. The number of hydrogen-bond acceptors (Lipinski definition) is 5. The molecule has 100 valence electrons. The number of nitrogen functional groups attached to an aromatic ring is 2. The number of aryl methyl sites for hydroxylation is 1. The summed E-state index contributed by atoms with van der Waals surface area (Å²) in [6.45, 7) is 1.83. The molecule has 0 saturated heterocycles. The minimum absolute atomic E-state index is 0.255. The van der Waals surface area contributed by atoms with Crippen molar-refractivity contribution in [3.05, 3.63) is 35.9 Å². The van der Waals surface area contributed by atoms with E-state index < -0.39 is 0 Å². The van der Waals surface area contributed by atoms with Crippen LogP contribution in [0.15, 0.2) is 24.5 Å². The Bertz CT molecular complexity index is 586. The lowest BCUT2D eigenvalue weighted by molar-refractivity contribution is 0.0938. The Labute approximate surface area is 110 Å². The quantitative estimate of drug-likeness (QED) is 0.694. The maximum atomic E-state index is 12.1. The van der Waals surface area contributed by atoms with Gasteiger partial charge in [0.1, 0.15) is 6.33 Å². The lowest BCUT2D eigenvalue weighted by Gasteiger charge is -2.13. The molecule has 7 heteroatoms. The van der Waals surface area contributed by atoms with Crippen LogP contribution in [-0.2, 0) is 7.05 Å². The van der Waals surface area contributed by atoms with Gasteiger partial charge in [-0.1, -0.05) is 0 Å². The predicted octanol–water partition coefficient (Wildman–Crippen LogP) is 0.470. The summed E-state index contributed by atoms with van der Waals surface area (Å²) in [6, 6.07) is 4.50. The molecule has 0 aliphatic heterocycles. The van der Waals surface area contributed by atoms with Gasteiger partial charge < -0.3 is 21.4 Å². The highest BCUT2D eigenvalue weighted by Gasteiger charge is 2.15. The van der Waals surface area contributed by atoms with E-state index in [2.05, 4.69) is 15.5 Å². The van der Waals surface area contributed by atoms with Crippen molar-refractivity contribution >= 4 is 17.3 Å². The number of anilines is 2. The zero-order valence-corrected chi connectivity index (χ0v) is 10.8. The summed E-state index contributed by atoms with van der Waals surface area (Å²) in [5.74, 6) is 0.416. The highest BCUT2D eigenvalue weighted by molar-refractivity contribution is 5.96. The maximum Gasteiger partial charge on any atom is 0.252 e. The number of carbonyl (C=O) groups is 1. The average Bonchev–Trinajstić information content (AvgIpc) is 2.74. The number of hydrogen-bond donors (Lipinski definition) is 3. The van der Waals surface area contributed by atoms with E-state index in [0.717, 1.165) is 0 Å². The third-order valence-corrected chi connectivity index (χ3v) is 2.72. The molecule has 1 aromatic carbocycles. The first-order chi connectivity index (χ1) is 8.97. The van der Waals surface area contributed by atoms with Crippen LogP contribution in [0, 0.1) is 0 Å². The fraction of sp³-hybridized carbons (Fsp3) is 0.250. The minimum atomic E-state index is -0.261. The van der Waals surface area contributed by atoms with E-state index in [1.165, 1.54) is 0 Å². The Balaban J connectivity index is 2.15. The lowest BCUT2D eigenvalue weighted by atomic mass is 10.1. The third kappa shape index (κ3) is 2.82. The van der Waals surface area contributed by atoms with E-state index >= 15 is 0 Å². The highest BCUT2D eigenvalue weighted by atomic mass is 16.1. The molecule has 1 atom stereocenters. The van der Waals surface area contributed by atoms with E-state index in [4.69, 9.17) is 11.5 Å². The monoisotopic (exact) mass is 260 g/mol. The molecule has 1 aromatic heterocycles. The number of nitrogens with zero attached hydrogens (tertiary/aromatic N) is 3. The highest BCUT2D eigenvalue weighted by Crippen LogP contribution is 2.15. The van der Waals surface area contributed by atoms with Crippen LogP contribution in [0.1, 0.15) is 29.1 Å². The van der Waals surface area contributed by atoms with Gasteiger partial charge in [0.2, 0.25) is 0 Å². The van der Waals surface area contributed by atoms with Crippen LogP contribution < -0.4 is 16.8 Å². The van der Waals surface area contributed by atoms with E-state index in [1.54, 1.807) is 29.1 Å². The Morgan fingerprint density at radius 1 is 1.32 bits per heavy atom. The van der Waals surface area contributed by atoms with Crippen molar-refractivity contribution in [2.24, 2.45) is 7.05 Å². The fourth-order valence-electron chi connectivity index (χ4n) is 1.84. The van der Waals surface area contributed by atoms with Crippen LogP contribution in [0.3, 0.4) is 0 Å². The van der Waals surface area contributed by atoms with Crippen LogP contribution in [-0.4, -0.2) is 20.7 Å². The zero-order chi connectivity index (χ0) is 14.0. The summed E-state index contributed by atoms with van der Waals surface area (Å²) < 4.78 is 1.75. The Kier molecular flexibility index (Phi) is 3.37. The molecule has 0 bridgehead atoms. The molecule has 0 aliphatic carbocycles. The van der Waals surface area contributed by atoms with Crippen molar-refractivity contribution in [3.8, 4) is 0 Å². The summed E-state index contributed by atoms with van der Waals surface area (Å²) >= 11 is 0. The van der Waals surface area contributed by atoms with Gasteiger partial charge in [-0.15, -0.1) is 10.2 Å². The van der Waals surface area contributed by atoms with E-state index in [9.17, 15) is 4.79 Å². The summed E-state index contributed by atoms with van der Waals surface area (Å²) in [6.07, 6.45) is 1.58. The van der Waals surface area contributed by atoms with Crippen molar-refractivity contribution in [1.82, 2.24) is 20.1 Å². The van der Waals surface area contributed by atoms with E-state index in [-0.39, 0.29) is 11.9 Å². The first-order valence-electron chi connectivity index (χ1n) is 5.78. The SMILES string of the molecule is CC(NC(=O)c1cc(N)cc(N)c1)c1nncn1C. The summed E-state index contributed by atoms with van der Waals surface area (Å²) in [7, 11) is 1.82. The number of benzene rings is 1. The minimum Gasteiger partial charge on any atom is -0.399 e. The van der Waals surface area contributed by atoms with Crippen molar-refractivity contribution in [1.29, 1.82) is 0 Å². The molecule has 1 amide bonds. The van der Waals surface area contributed by atoms with Gasteiger partial charge in [0.15, 0.2) is 5.82 Å². The van der Waals surface area contributed by atoms with Crippen LogP contribution >= 0.6 is 0 Å². The van der Waals surface area contributed by atoms with Gasteiger partial charge in [0.05, 0.1) is 6.04 Å². The second-order valence-electron chi connectivity index (χ2n) is 4.38. The number of carbonyl (C=O) groups excluding carboxylic acids is 1. The second-order valence-corrected chi connectivity index (χ2v) is 4.38. The summed E-state index contributed by atoms with van der Waals surface area (Å²) in [5.41, 5.74) is 12.7. The Morgan fingerprint density at radius 3 is 2.47 bits per heavy atom. The molecular formula is C12H16N6O. The van der Waals surface area contributed by atoms with Gasteiger partial charge in [0.25, 0.3) is 5.91 Å². The molecular weight excluding hydrogens is 244 g/mol. The molecule has 2 aromatic rings. The average molecular weight is 260 g/mol. The normalized spacial score (nSPS) is 12.1. The number of nitrogens with two attached hydrogens (primary N) is 2. The molecule has 0 spiro atoms. The number of nitrogens with one attached hydrogen (secondary N) is 1. The topological polar surface area (TPSA) is 112 Å². The lowest BCUT2D eigenvalue weighted by Crippen LogP contribution is -2.28. The van der Waals surface area contributed by atoms with Crippen molar-refractivity contribution in [3.63, 3.8) is 0 Å². The maximum absolute atomic E-state index is 12.1. The van der Waals surface area contributed by atoms with E-state index in [0.29, 0.717) is 22.8 Å². The zero-order valence-electron chi connectivity index (χ0n) is 10.8. The van der Waals surface area contributed by atoms with Gasteiger partial charge in [-0.2, -0.15) is 0 Å². The molecule has 0 saturated carbocycles. The summed E-state index contributed by atoms with van der Waals surface area (Å²) in [5, 5.41) is 10.5. The molecule has 19 heavy (non-hydrogen) atoms. The third-order valence-electron chi connectivity index (χ3n) is 2.72. The predicted molar refractivity (Wildman–Crippen MR) is 72.2 cm³/mol. The smallest absolute Gasteiger partial charge is 0.252 e. The van der Waals surface area contributed by atoms with Gasteiger partial charge >= 0.3 is 0 Å². The molecule has 1 unspecified atom stereocenters. The molecule has 0 fully saturated rings. The van der Waals surface area contributed by atoms with Gasteiger partial charge in [-0.25, -0.2) is 0 Å². The molecule has 0 radical (unpaired) electrons. The standard InChI is InChI=1S/C12H16N6O/c1-7(11-17-15-6-18(11)2)16-12(19)8-3-9(13)5-10(14)4-8/h3-7H,13-14H2,1-2H3,(H,16,19). The van der Waals surface area contributed by atoms with Crippen molar-refractivity contribution in [2.75, 3.05) is 11.5 Å². The molecule has 1 heterocycles. The number of amides is 1. The number of aromatic nitrogens is 3. The summed E-state index contributed by atoms with van der Waals surface area (Å²) in [4.78, 5) is 12.1. The Hall–Kier alpha value is -2.57. The largest absolute Gasteiger partial charge is 0.399 e. The van der Waals surface area contributed by atoms with Gasteiger partial charge in [0, 0.05) is 24.0 Å². The van der Waals surface area contributed by atoms with Crippen LogP contribution in [0.5, 0.6) is 0 Å². The first kappa shape index (κ1) is 12.9.